The van der Waals surface area contributed by atoms with Gasteiger partial charge in [-0.15, -0.1) is 0 Å². The van der Waals surface area contributed by atoms with Crippen LogP contribution < -0.4 is 0 Å². The smallest absolute Gasteiger partial charge is 0.123 e. The van der Waals surface area contributed by atoms with Crippen molar-refractivity contribution in [2.45, 2.75) is 127 Å². The summed E-state index contributed by atoms with van der Waals surface area (Å²) >= 11 is 0. The Balaban J connectivity index is 1.11. The van der Waals surface area contributed by atoms with Crippen molar-refractivity contribution < 1.29 is 9.50 Å². The van der Waals surface area contributed by atoms with E-state index in [1.165, 1.54) is 63.4 Å². The summed E-state index contributed by atoms with van der Waals surface area (Å²) in [6, 6.07) is 11.9. The maximum Gasteiger partial charge on any atom is 0.123 e. The third-order valence-corrected chi connectivity index (χ3v) is 13.3. The molecule has 3 aliphatic rings. The molecule has 1 N–H and O–H groups in total. The topological polar surface area (TPSA) is 20.2 Å². The second-order valence-corrected chi connectivity index (χ2v) is 15.7. The van der Waals surface area contributed by atoms with Crippen molar-refractivity contribution in [2.75, 3.05) is 0 Å². The Kier molecular flexibility index (Phi) is 10.8. The fourth-order valence-corrected chi connectivity index (χ4v) is 11.0. The summed E-state index contributed by atoms with van der Waals surface area (Å²) in [7, 11) is -0.387. The van der Waals surface area contributed by atoms with Crippen LogP contribution in [0.2, 0.25) is 18.1 Å². The van der Waals surface area contributed by atoms with Crippen molar-refractivity contribution in [1.29, 1.82) is 0 Å². The average Bonchev–Trinajstić information content (AvgIpc) is 2.89. The van der Waals surface area contributed by atoms with Gasteiger partial charge in [0.2, 0.25) is 0 Å². The lowest BCUT2D eigenvalue weighted by atomic mass is 9.73. The van der Waals surface area contributed by atoms with Crippen LogP contribution in [0.1, 0.15) is 108 Å². The molecule has 0 spiro atoms. The highest BCUT2D eigenvalue weighted by Gasteiger charge is 2.31. The summed E-state index contributed by atoms with van der Waals surface area (Å²) < 4.78 is 13.2. The molecule has 2 saturated carbocycles. The van der Waals surface area contributed by atoms with Gasteiger partial charge in [0.1, 0.15) is 11.9 Å². The molecule has 35 heavy (non-hydrogen) atoms. The molecule has 1 saturated heterocycles. The minimum Gasteiger partial charge on any atom is -0.380 e. The van der Waals surface area contributed by atoms with Crippen LogP contribution in [-0.2, 0) is 0 Å². The summed E-state index contributed by atoms with van der Waals surface area (Å²) in [4.78, 5) is 0. The van der Waals surface area contributed by atoms with Gasteiger partial charge in [-0.2, -0.15) is 0 Å². The van der Waals surface area contributed by atoms with Crippen molar-refractivity contribution in [3.63, 3.8) is 0 Å². The van der Waals surface area contributed by atoms with Gasteiger partial charge in [-0.1, -0.05) is 94.0 Å². The highest BCUT2D eigenvalue weighted by Crippen LogP contribution is 2.42. The van der Waals surface area contributed by atoms with E-state index < -0.39 is 6.10 Å². The highest BCUT2D eigenvalue weighted by atomic mass is 28.3. The molecule has 1 atom stereocenters. The molecule has 2 aliphatic carbocycles. The molecule has 1 aromatic carbocycles. The predicted octanol–water partition coefficient (Wildman–Crippen LogP) is 8.49. The number of rotatable bonds is 8. The molecule has 3 heteroatoms. The van der Waals surface area contributed by atoms with Crippen molar-refractivity contribution >= 4 is 8.80 Å². The SMILES string of the molecule is CCCCC[SiH]1CCC(C2CCC(CC(O)C#CC3CCC(c4ccc(F)cc4)CC3)CC2)CC1. The fourth-order valence-electron chi connectivity index (χ4n) is 7.42. The highest BCUT2D eigenvalue weighted by molar-refractivity contribution is 6.58. The predicted molar refractivity (Wildman–Crippen MR) is 149 cm³/mol. The number of halogens is 1. The first-order valence-electron chi connectivity index (χ1n) is 15.0. The number of hydrogen-bond acceptors (Lipinski definition) is 1. The Bertz CT molecular complexity index is 787. The monoisotopic (exact) mass is 496 g/mol. The quantitative estimate of drug-likeness (QED) is 0.217. The van der Waals surface area contributed by atoms with Crippen LogP contribution in [-0.4, -0.2) is 20.0 Å². The number of benzene rings is 1. The molecule has 1 aromatic rings. The van der Waals surface area contributed by atoms with Crippen LogP contribution in [0.25, 0.3) is 0 Å². The zero-order chi connectivity index (χ0) is 24.5. The van der Waals surface area contributed by atoms with Gasteiger partial charge in [-0.25, -0.2) is 4.39 Å². The standard InChI is InChI=1S/C32H49FOSi/c1-2-3-4-21-35-22-19-30(20-23-35)28-12-7-26(8-13-28)24-32(34)18-9-25-5-10-27(11-6-25)29-14-16-31(33)17-15-29/h14-17,25-28,30,32,34-35H,2-8,10-13,19-24H2,1H3. The Hall–Kier alpha value is -1.11. The fraction of sp³-hybridized carbons (Fsp3) is 0.750. The normalized spacial score (nSPS) is 32.4. The van der Waals surface area contributed by atoms with Gasteiger partial charge in [0.05, 0.1) is 0 Å². The average molecular weight is 497 g/mol. The zero-order valence-corrected chi connectivity index (χ0v) is 23.4. The zero-order valence-electron chi connectivity index (χ0n) is 22.2. The Morgan fingerprint density at radius 3 is 2.20 bits per heavy atom. The first kappa shape index (κ1) is 26.9. The van der Waals surface area contributed by atoms with E-state index in [9.17, 15) is 9.50 Å². The molecule has 0 bridgehead atoms. The lowest BCUT2D eigenvalue weighted by Crippen LogP contribution is -2.29. The van der Waals surface area contributed by atoms with Crippen LogP contribution in [0.4, 0.5) is 4.39 Å². The summed E-state index contributed by atoms with van der Waals surface area (Å²) in [5.74, 6) is 10.1. The van der Waals surface area contributed by atoms with E-state index in [1.807, 2.05) is 12.1 Å². The second-order valence-electron chi connectivity index (χ2n) is 12.2. The molecule has 1 unspecified atom stereocenters. The Morgan fingerprint density at radius 1 is 0.886 bits per heavy atom. The van der Waals surface area contributed by atoms with Crippen molar-refractivity contribution in [3.05, 3.63) is 35.6 Å². The van der Waals surface area contributed by atoms with Gasteiger partial charge in [0.15, 0.2) is 0 Å². The number of hydrogen-bond donors (Lipinski definition) is 1. The molecule has 0 amide bonds. The first-order chi connectivity index (χ1) is 17.1. The molecule has 1 nitrogen and oxygen atoms in total. The van der Waals surface area contributed by atoms with E-state index in [4.69, 9.17) is 0 Å². The summed E-state index contributed by atoms with van der Waals surface area (Å²) in [5, 5.41) is 10.6. The van der Waals surface area contributed by atoms with E-state index in [2.05, 4.69) is 18.8 Å². The molecule has 1 heterocycles. The van der Waals surface area contributed by atoms with Crippen LogP contribution >= 0.6 is 0 Å². The molecule has 194 valence electrons. The minimum atomic E-state index is -0.448. The number of aliphatic hydroxyl groups excluding tert-OH is 1. The van der Waals surface area contributed by atoms with Crippen LogP contribution in [0.15, 0.2) is 24.3 Å². The van der Waals surface area contributed by atoms with Crippen LogP contribution in [0, 0.1) is 41.3 Å². The van der Waals surface area contributed by atoms with Crippen LogP contribution in [0.5, 0.6) is 0 Å². The van der Waals surface area contributed by atoms with Gasteiger partial charge < -0.3 is 5.11 Å². The van der Waals surface area contributed by atoms with E-state index in [-0.39, 0.29) is 14.6 Å². The Morgan fingerprint density at radius 2 is 1.54 bits per heavy atom. The Labute approximate surface area is 216 Å². The van der Waals surface area contributed by atoms with Crippen molar-refractivity contribution in [3.8, 4) is 11.8 Å². The third kappa shape index (κ3) is 8.46. The lowest BCUT2D eigenvalue weighted by molar-refractivity contribution is 0.142. The summed E-state index contributed by atoms with van der Waals surface area (Å²) in [5.41, 5.74) is 1.26. The molecular weight excluding hydrogens is 447 g/mol. The minimum absolute atomic E-state index is 0.155. The molecule has 1 aliphatic heterocycles. The largest absolute Gasteiger partial charge is 0.380 e. The van der Waals surface area contributed by atoms with Gasteiger partial charge in [-0.05, 0) is 86.3 Å². The summed E-state index contributed by atoms with van der Waals surface area (Å²) in [6.45, 7) is 2.32. The first-order valence-corrected chi connectivity index (χ1v) is 17.5. The molecule has 3 fully saturated rings. The molecule has 4 rings (SSSR count). The van der Waals surface area contributed by atoms with E-state index in [1.54, 1.807) is 30.3 Å². The third-order valence-electron chi connectivity index (χ3n) is 9.74. The lowest BCUT2D eigenvalue weighted by Gasteiger charge is -2.37. The van der Waals surface area contributed by atoms with Gasteiger partial charge in [0, 0.05) is 14.7 Å². The summed E-state index contributed by atoms with van der Waals surface area (Å²) in [6.07, 6.45) is 17.7. The maximum atomic E-state index is 13.2. The van der Waals surface area contributed by atoms with Crippen molar-refractivity contribution in [1.82, 2.24) is 0 Å². The van der Waals surface area contributed by atoms with Gasteiger partial charge in [0.25, 0.3) is 0 Å². The van der Waals surface area contributed by atoms with E-state index in [0.29, 0.717) is 17.8 Å². The number of aliphatic hydroxyl groups is 1. The number of unbranched alkanes of at least 4 members (excludes halogenated alkanes) is 2. The van der Waals surface area contributed by atoms with Gasteiger partial charge >= 0.3 is 0 Å². The van der Waals surface area contributed by atoms with E-state index >= 15 is 0 Å². The van der Waals surface area contributed by atoms with Crippen molar-refractivity contribution in [2.24, 2.45) is 23.7 Å². The maximum absolute atomic E-state index is 13.2. The van der Waals surface area contributed by atoms with Crippen LogP contribution in [0.3, 0.4) is 0 Å². The molecule has 0 radical (unpaired) electrons. The van der Waals surface area contributed by atoms with Gasteiger partial charge in [-0.3, -0.25) is 0 Å². The second kappa shape index (κ2) is 14.0. The van der Waals surface area contributed by atoms with E-state index in [0.717, 1.165) is 43.9 Å². The molecule has 0 aromatic heterocycles. The molecular formula is C32H49FOSi.